The molecule has 0 radical (unpaired) electrons. The molecule has 1 N–H and O–H groups in total. The smallest absolute Gasteiger partial charge is 0.190 e. The topological polar surface area (TPSA) is 46.0 Å². The van der Waals surface area contributed by atoms with Crippen molar-refractivity contribution in [3.8, 4) is 11.1 Å². The predicted molar refractivity (Wildman–Crippen MR) is 75.2 cm³/mol. The number of aliphatic hydroxyl groups is 1. The van der Waals surface area contributed by atoms with Crippen LogP contribution < -0.4 is 0 Å². The Balaban J connectivity index is 2.49. The molecule has 2 aromatic rings. The van der Waals surface area contributed by atoms with Crippen LogP contribution >= 0.6 is 35.0 Å². The van der Waals surface area contributed by atoms with Crippen LogP contribution in [0, 0.1) is 0 Å². The van der Waals surface area contributed by atoms with E-state index < -0.39 is 0 Å². The Morgan fingerprint density at radius 2 is 1.67 bits per heavy atom. The first-order chi connectivity index (χ1) is 8.65. The number of halogens is 2. The highest BCUT2D eigenvalue weighted by Gasteiger charge is 2.13. The third-order valence-electron chi connectivity index (χ3n) is 2.41. The molecule has 6 heteroatoms. The molecule has 0 aliphatic carbocycles. The third kappa shape index (κ3) is 2.78. The van der Waals surface area contributed by atoms with E-state index in [0.29, 0.717) is 21.0 Å². The lowest BCUT2D eigenvalue weighted by Gasteiger charge is -2.08. The van der Waals surface area contributed by atoms with Crippen molar-refractivity contribution in [2.75, 3.05) is 6.26 Å². The van der Waals surface area contributed by atoms with Crippen LogP contribution in [0.25, 0.3) is 11.1 Å². The summed E-state index contributed by atoms with van der Waals surface area (Å²) < 4.78 is 0. The largest absolute Gasteiger partial charge is 0.392 e. The maximum absolute atomic E-state index is 9.00. The summed E-state index contributed by atoms with van der Waals surface area (Å²) in [5, 5.41) is 10.2. The van der Waals surface area contributed by atoms with Gasteiger partial charge in [-0.05, 0) is 17.4 Å². The molecule has 18 heavy (non-hydrogen) atoms. The van der Waals surface area contributed by atoms with E-state index >= 15 is 0 Å². The second-order valence-electron chi connectivity index (χ2n) is 3.52. The molecule has 0 unspecified atom stereocenters. The Morgan fingerprint density at radius 3 is 2.11 bits per heavy atom. The molecule has 0 bridgehead atoms. The highest BCUT2D eigenvalue weighted by Crippen LogP contribution is 2.33. The van der Waals surface area contributed by atoms with Gasteiger partial charge < -0.3 is 5.11 Å². The molecule has 94 valence electrons. The molecule has 1 aromatic heterocycles. The van der Waals surface area contributed by atoms with Gasteiger partial charge in [-0.3, -0.25) is 0 Å². The molecule has 0 aliphatic rings. The fraction of sp³-hybridized carbons (Fsp3) is 0.167. The molecule has 2 rings (SSSR count). The molecule has 1 heterocycles. The summed E-state index contributed by atoms with van der Waals surface area (Å²) in [7, 11) is 0. The second kappa shape index (κ2) is 5.89. The molecule has 1 aromatic carbocycles. The van der Waals surface area contributed by atoms with Crippen LogP contribution in [0.2, 0.25) is 10.3 Å². The normalized spacial score (nSPS) is 10.7. The van der Waals surface area contributed by atoms with E-state index in [-0.39, 0.29) is 6.61 Å². The lowest BCUT2D eigenvalue weighted by Crippen LogP contribution is -1.93. The summed E-state index contributed by atoms with van der Waals surface area (Å²) >= 11 is 13.6. The molecule has 0 amide bonds. The Morgan fingerprint density at radius 1 is 1.11 bits per heavy atom. The zero-order valence-corrected chi connectivity index (χ0v) is 11.9. The van der Waals surface area contributed by atoms with Gasteiger partial charge >= 0.3 is 0 Å². The highest BCUT2D eigenvalue weighted by molar-refractivity contribution is 7.98. The molecular formula is C12H10Cl2N2OS. The van der Waals surface area contributed by atoms with E-state index in [2.05, 4.69) is 9.97 Å². The first kappa shape index (κ1) is 13.6. The number of rotatable bonds is 3. The fourth-order valence-corrected chi connectivity index (χ4v) is 2.57. The van der Waals surface area contributed by atoms with Gasteiger partial charge in [0.1, 0.15) is 10.3 Å². The van der Waals surface area contributed by atoms with Crippen molar-refractivity contribution in [3.63, 3.8) is 0 Å². The van der Waals surface area contributed by atoms with Gasteiger partial charge in [0.05, 0.1) is 12.2 Å². The van der Waals surface area contributed by atoms with Crippen molar-refractivity contribution in [2.24, 2.45) is 0 Å². The molecule has 0 saturated carbocycles. The third-order valence-corrected chi connectivity index (χ3v) is 3.50. The van der Waals surface area contributed by atoms with E-state index in [1.54, 1.807) is 0 Å². The summed E-state index contributed by atoms with van der Waals surface area (Å²) in [6.07, 6.45) is 1.86. The van der Waals surface area contributed by atoms with Gasteiger partial charge in [-0.2, -0.15) is 0 Å². The summed E-state index contributed by atoms with van der Waals surface area (Å²) in [6, 6.07) is 7.29. The Kier molecular flexibility index (Phi) is 4.45. The Bertz CT molecular complexity index is 537. The van der Waals surface area contributed by atoms with E-state index in [1.807, 2.05) is 30.5 Å². The van der Waals surface area contributed by atoms with Crippen LogP contribution in [-0.4, -0.2) is 21.3 Å². The quantitative estimate of drug-likeness (QED) is 0.534. The molecule has 0 aliphatic heterocycles. The SMILES string of the molecule is CSc1nc(Cl)c(-c2ccc(CO)cc2)c(Cl)n1. The summed E-state index contributed by atoms with van der Waals surface area (Å²) in [5.74, 6) is 0. The number of hydrogen-bond acceptors (Lipinski definition) is 4. The molecule has 0 fully saturated rings. The predicted octanol–water partition coefficient (Wildman–Crippen LogP) is 3.66. The summed E-state index contributed by atoms with van der Waals surface area (Å²) in [5.41, 5.74) is 2.27. The van der Waals surface area contributed by atoms with Crippen LogP contribution in [0.3, 0.4) is 0 Å². The second-order valence-corrected chi connectivity index (χ2v) is 5.01. The van der Waals surface area contributed by atoms with Crippen molar-refractivity contribution in [1.29, 1.82) is 0 Å². The lowest BCUT2D eigenvalue weighted by atomic mass is 10.1. The maximum Gasteiger partial charge on any atom is 0.190 e. The lowest BCUT2D eigenvalue weighted by molar-refractivity contribution is 0.282. The minimum atomic E-state index is 0.00363. The van der Waals surface area contributed by atoms with Crippen LogP contribution in [-0.2, 0) is 6.61 Å². The standard InChI is InChI=1S/C12H10Cl2N2OS/c1-18-12-15-10(13)9(11(14)16-12)8-4-2-7(6-17)3-5-8/h2-5,17H,6H2,1H3. The van der Waals surface area contributed by atoms with E-state index in [4.69, 9.17) is 28.3 Å². The van der Waals surface area contributed by atoms with Crippen molar-refractivity contribution < 1.29 is 5.11 Å². The number of benzene rings is 1. The van der Waals surface area contributed by atoms with Gasteiger partial charge in [-0.15, -0.1) is 0 Å². The molecule has 0 saturated heterocycles. The van der Waals surface area contributed by atoms with Gasteiger partial charge in [0.15, 0.2) is 5.16 Å². The van der Waals surface area contributed by atoms with Crippen molar-refractivity contribution in [2.45, 2.75) is 11.8 Å². The summed E-state index contributed by atoms with van der Waals surface area (Å²) in [4.78, 5) is 8.31. The van der Waals surface area contributed by atoms with Crippen molar-refractivity contribution >= 4 is 35.0 Å². The molecule has 3 nitrogen and oxygen atoms in total. The fourth-order valence-electron chi connectivity index (χ4n) is 1.50. The number of aromatic nitrogens is 2. The minimum Gasteiger partial charge on any atom is -0.392 e. The minimum absolute atomic E-state index is 0.00363. The van der Waals surface area contributed by atoms with Crippen molar-refractivity contribution in [1.82, 2.24) is 9.97 Å². The van der Waals surface area contributed by atoms with Crippen molar-refractivity contribution in [3.05, 3.63) is 40.1 Å². The maximum atomic E-state index is 9.00. The van der Waals surface area contributed by atoms with Crippen LogP contribution in [0.5, 0.6) is 0 Å². The number of thioether (sulfide) groups is 1. The first-order valence-corrected chi connectivity index (χ1v) is 7.11. The van der Waals surface area contributed by atoms with E-state index in [9.17, 15) is 0 Å². The molecule has 0 atom stereocenters. The average molecular weight is 301 g/mol. The first-order valence-electron chi connectivity index (χ1n) is 5.13. The van der Waals surface area contributed by atoms with E-state index in [0.717, 1.165) is 11.1 Å². The van der Waals surface area contributed by atoms with Gasteiger partial charge in [-0.25, -0.2) is 9.97 Å². The van der Waals surface area contributed by atoms with Crippen LogP contribution in [0.1, 0.15) is 5.56 Å². The molecule has 0 spiro atoms. The average Bonchev–Trinajstić information content (AvgIpc) is 2.38. The van der Waals surface area contributed by atoms with Gasteiger partial charge in [0.2, 0.25) is 0 Å². The number of hydrogen-bond donors (Lipinski definition) is 1. The number of aliphatic hydroxyl groups excluding tert-OH is 1. The van der Waals surface area contributed by atoms with E-state index in [1.165, 1.54) is 11.8 Å². The van der Waals surface area contributed by atoms with Gasteiger partial charge in [-0.1, -0.05) is 59.2 Å². The zero-order chi connectivity index (χ0) is 13.1. The Labute approximate surface area is 119 Å². The Hall–Kier alpha value is -0.810. The van der Waals surface area contributed by atoms with Crippen LogP contribution in [0.15, 0.2) is 29.4 Å². The summed E-state index contributed by atoms with van der Waals surface area (Å²) in [6.45, 7) is 0.00363. The zero-order valence-electron chi connectivity index (χ0n) is 9.52. The van der Waals surface area contributed by atoms with Gasteiger partial charge in [0.25, 0.3) is 0 Å². The monoisotopic (exact) mass is 300 g/mol. The van der Waals surface area contributed by atoms with Crippen LogP contribution in [0.4, 0.5) is 0 Å². The highest BCUT2D eigenvalue weighted by atomic mass is 35.5. The molecular weight excluding hydrogens is 291 g/mol. The van der Waals surface area contributed by atoms with Gasteiger partial charge in [0, 0.05) is 0 Å². The number of nitrogens with zero attached hydrogens (tertiary/aromatic N) is 2.